The fourth-order valence-corrected chi connectivity index (χ4v) is 1.75. The zero-order valence-corrected chi connectivity index (χ0v) is 12.0. The van der Waals surface area contributed by atoms with Crippen LogP contribution in [-0.4, -0.2) is 58.7 Å². The first-order valence-corrected chi connectivity index (χ1v) is 6.48. The van der Waals surface area contributed by atoms with Gasteiger partial charge in [-0.15, -0.1) is 0 Å². The van der Waals surface area contributed by atoms with Crippen molar-refractivity contribution in [3.8, 4) is 0 Å². The van der Waals surface area contributed by atoms with Crippen molar-refractivity contribution in [2.75, 3.05) is 19.7 Å². The van der Waals surface area contributed by atoms with Gasteiger partial charge >= 0.3 is 17.9 Å². The van der Waals surface area contributed by atoms with Crippen LogP contribution in [0.25, 0.3) is 0 Å². The number of furan rings is 1. The Labute approximate surface area is 129 Å². The molecule has 0 spiro atoms. The molecule has 0 radical (unpaired) electrons. The van der Waals surface area contributed by atoms with E-state index in [1.165, 1.54) is 6.07 Å². The Morgan fingerprint density at radius 2 is 2.26 bits per heavy atom. The summed E-state index contributed by atoms with van der Waals surface area (Å²) in [5.74, 6) is -1.74. The molecule has 1 fully saturated rings. The molecule has 122 valence electrons. The first kappa shape index (κ1) is 16.1. The number of urea groups is 1. The average molecular weight is 324 g/mol. The normalized spacial score (nSPS) is 14.8. The van der Waals surface area contributed by atoms with Crippen LogP contribution in [0, 0.1) is 10.1 Å². The van der Waals surface area contributed by atoms with Crippen LogP contribution >= 0.6 is 0 Å². The van der Waals surface area contributed by atoms with Crippen molar-refractivity contribution in [2.24, 2.45) is 5.10 Å². The molecule has 0 N–H and O–H groups in total. The zero-order valence-electron chi connectivity index (χ0n) is 12.0. The molecule has 0 atom stereocenters. The molecule has 0 bridgehead atoms. The van der Waals surface area contributed by atoms with Crippen molar-refractivity contribution in [3.63, 3.8) is 0 Å². The molecule has 0 aliphatic carbocycles. The topological polar surface area (TPSA) is 136 Å². The molecule has 1 aliphatic heterocycles. The van der Waals surface area contributed by atoms with E-state index in [0.717, 1.165) is 17.3 Å². The number of carbonyl (C=O) groups excluding carboxylic acids is 3. The fraction of sp³-hybridized carbons (Fsp3) is 0.333. The SMILES string of the molecule is CCOC(=O)CN1C(=O)CN(/N=C/c2ccc([N+](=O)[O-])o2)C1=O. The average Bonchev–Trinajstić information content (AvgIpc) is 3.06. The number of amides is 3. The lowest BCUT2D eigenvalue weighted by Gasteiger charge is -2.12. The van der Waals surface area contributed by atoms with E-state index in [4.69, 9.17) is 4.42 Å². The van der Waals surface area contributed by atoms with Crippen LogP contribution in [0.2, 0.25) is 0 Å². The molecule has 23 heavy (non-hydrogen) atoms. The molecule has 3 amide bonds. The molecule has 2 rings (SSSR count). The Bertz CT molecular complexity index is 681. The lowest BCUT2D eigenvalue weighted by Crippen LogP contribution is -2.36. The van der Waals surface area contributed by atoms with Crippen molar-refractivity contribution >= 4 is 30.0 Å². The second kappa shape index (κ2) is 6.68. The van der Waals surface area contributed by atoms with Gasteiger partial charge in [-0.1, -0.05) is 0 Å². The molecule has 0 unspecified atom stereocenters. The van der Waals surface area contributed by atoms with E-state index in [9.17, 15) is 24.5 Å². The van der Waals surface area contributed by atoms with Crippen LogP contribution in [0.5, 0.6) is 0 Å². The van der Waals surface area contributed by atoms with Crippen LogP contribution < -0.4 is 0 Å². The number of esters is 1. The monoisotopic (exact) mass is 324 g/mol. The van der Waals surface area contributed by atoms with Crippen LogP contribution in [0.1, 0.15) is 12.7 Å². The summed E-state index contributed by atoms with van der Waals surface area (Å²) >= 11 is 0. The molecular weight excluding hydrogens is 312 g/mol. The molecule has 0 aromatic carbocycles. The van der Waals surface area contributed by atoms with Crippen LogP contribution in [-0.2, 0) is 14.3 Å². The second-order valence-corrected chi connectivity index (χ2v) is 4.30. The lowest BCUT2D eigenvalue weighted by atomic mass is 10.5. The molecule has 2 heterocycles. The fourth-order valence-electron chi connectivity index (χ4n) is 1.75. The number of hydrazone groups is 1. The highest BCUT2D eigenvalue weighted by atomic mass is 16.6. The van der Waals surface area contributed by atoms with Gasteiger partial charge in [0.1, 0.15) is 18.0 Å². The van der Waals surface area contributed by atoms with Gasteiger partial charge in [0.15, 0.2) is 5.76 Å². The predicted molar refractivity (Wildman–Crippen MR) is 73.4 cm³/mol. The zero-order chi connectivity index (χ0) is 17.0. The summed E-state index contributed by atoms with van der Waals surface area (Å²) in [5.41, 5.74) is 0. The maximum absolute atomic E-state index is 12.0. The summed E-state index contributed by atoms with van der Waals surface area (Å²) in [6.45, 7) is 0.889. The standard InChI is InChI=1S/C12H12N4O7/c1-2-22-11(18)7-14-9(17)6-15(12(14)19)13-5-8-3-4-10(23-8)16(20)21/h3-5H,2,6-7H2,1H3/b13-5+. The number of ether oxygens (including phenoxy) is 1. The Morgan fingerprint density at radius 1 is 1.52 bits per heavy atom. The van der Waals surface area contributed by atoms with E-state index in [-0.39, 0.29) is 18.9 Å². The van der Waals surface area contributed by atoms with E-state index in [1.54, 1.807) is 6.92 Å². The van der Waals surface area contributed by atoms with Gasteiger partial charge in [0.2, 0.25) is 0 Å². The largest absolute Gasteiger partial charge is 0.465 e. The molecule has 11 nitrogen and oxygen atoms in total. The third-order valence-electron chi connectivity index (χ3n) is 2.75. The predicted octanol–water partition coefficient (Wildman–Crippen LogP) is 0.349. The summed E-state index contributed by atoms with van der Waals surface area (Å²) in [5, 5.41) is 15.0. The van der Waals surface area contributed by atoms with Crippen molar-refractivity contribution in [1.82, 2.24) is 9.91 Å². The highest BCUT2D eigenvalue weighted by Gasteiger charge is 2.37. The number of carbonyl (C=O) groups is 3. The van der Waals surface area contributed by atoms with Gasteiger partial charge in [0.05, 0.1) is 18.9 Å². The van der Waals surface area contributed by atoms with E-state index in [2.05, 4.69) is 9.84 Å². The maximum Gasteiger partial charge on any atom is 0.433 e. The van der Waals surface area contributed by atoms with Gasteiger partial charge in [-0.25, -0.2) is 14.7 Å². The quantitative estimate of drug-likeness (QED) is 0.242. The molecule has 1 aliphatic rings. The second-order valence-electron chi connectivity index (χ2n) is 4.30. The summed E-state index contributed by atoms with van der Waals surface area (Å²) in [6, 6.07) is 1.63. The smallest absolute Gasteiger partial charge is 0.433 e. The van der Waals surface area contributed by atoms with E-state index in [0.29, 0.717) is 4.90 Å². The summed E-state index contributed by atoms with van der Waals surface area (Å²) < 4.78 is 9.50. The minimum absolute atomic E-state index is 0.0424. The van der Waals surface area contributed by atoms with Crippen molar-refractivity contribution < 1.29 is 28.5 Å². The van der Waals surface area contributed by atoms with Gasteiger partial charge in [-0.2, -0.15) is 5.10 Å². The van der Waals surface area contributed by atoms with Gasteiger partial charge < -0.3 is 9.15 Å². The van der Waals surface area contributed by atoms with Crippen LogP contribution in [0.15, 0.2) is 21.7 Å². The number of nitro groups is 1. The van der Waals surface area contributed by atoms with Crippen molar-refractivity contribution in [2.45, 2.75) is 6.92 Å². The molecule has 1 aromatic rings. The summed E-state index contributed by atoms with van der Waals surface area (Å²) in [7, 11) is 0. The van der Waals surface area contributed by atoms with Crippen molar-refractivity contribution in [3.05, 3.63) is 28.0 Å². The Kier molecular flexibility index (Phi) is 4.69. The molecule has 11 heteroatoms. The van der Waals surface area contributed by atoms with Gasteiger partial charge in [-0.05, 0) is 13.0 Å². The molecule has 0 saturated carbocycles. The van der Waals surface area contributed by atoms with E-state index >= 15 is 0 Å². The minimum Gasteiger partial charge on any atom is -0.465 e. The first-order valence-electron chi connectivity index (χ1n) is 6.48. The number of nitrogens with zero attached hydrogens (tertiary/aromatic N) is 4. The summed E-state index contributed by atoms with van der Waals surface area (Å²) in [6.07, 6.45) is 1.06. The third kappa shape index (κ3) is 3.70. The maximum atomic E-state index is 12.0. The highest BCUT2D eigenvalue weighted by Crippen LogP contribution is 2.15. The Hall–Kier alpha value is -3.24. The minimum atomic E-state index is -0.791. The number of rotatable bonds is 6. The Morgan fingerprint density at radius 3 is 2.87 bits per heavy atom. The van der Waals surface area contributed by atoms with Crippen LogP contribution in [0.3, 0.4) is 0 Å². The lowest BCUT2D eigenvalue weighted by molar-refractivity contribution is -0.402. The number of hydrogen-bond acceptors (Lipinski definition) is 8. The molecule has 1 aromatic heterocycles. The van der Waals surface area contributed by atoms with Crippen LogP contribution in [0.4, 0.5) is 10.7 Å². The number of imide groups is 1. The first-order chi connectivity index (χ1) is 10.9. The molecule has 1 saturated heterocycles. The summed E-state index contributed by atoms with van der Waals surface area (Å²) in [4.78, 5) is 45.5. The number of hydrogen-bond donors (Lipinski definition) is 0. The van der Waals surface area contributed by atoms with Gasteiger partial charge in [0.25, 0.3) is 5.91 Å². The van der Waals surface area contributed by atoms with Gasteiger partial charge in [-0.3, -0.25) is 19.7 Å². The van der Waals surface area contributed by atoms with Gasteiger partial charge in [0, 0.05) is 0 Å². The third-order valence-corrected chi connectivity index (χ3v) is 2.75. The van der Waals surface area contributed by atoms with E-state index < -0.39 is 35.3 Å². The molecular formula is C12H12N4O7. The van der Waals surface area contributed by atoms with E-state index in [1.807, 2.05) is 0 Å². The highest BCUT2D eigenvalue weighted by molar-refractivity contribution is 6.04. The Balaban J connectivity index is 2.02. The van der Waals surface area contributed by atoms with Crippen molar-refractivity contribution in [1.29, 1.82) is 0 Å².